The maximum atomic E-state index is 5.12. The number of hydrogen-bond acceptors (Lipinski definition) is 3. The predicted molar refractivity (Wildman–Crippen MR) is 158 cm³/mol. The van der Waals surface area contributed by atoms with Gasteiger partial charge in [-0.1, -0.05) is 94.8 Å². The van der Waals surface area contributed by atoms with Gasteiger partial charge in [0.2, 0.25) is 0 Å². The van der Waals surface area contributed by atoms with E-state index in [4.69, 9.17) is 15.4 Å². The van der Waals surface area contributed by atoms with E-state index in [-0.39, 0.29) is 0 Å². The number of aliphatic imine (C=N–C) groups is 1. The van der Waals surface area contributed by atoms with Crippen molar-refractivity contribution in [1.29, 1.82) is 0 Å². The fraction of sp³-hybridized carbons (Fsp3) is 0. The van der Waals surface area contributed by atoms with Crippen molar-refractivity contribution in [3.05, 3.63) is 137 Å². The second-order valence-electron chi connectivity index (χ2n) is 8.99. The first kappa shape index (κ1) is 22.5. The molecule has 0 saturated heterocycles. The molecule has 5 aromatic carbocycles. The summed E-state index contributed by atoms with van der Waals surface area (Å²) < 4.78 is 3.23. The fourth-order valence-electron chi connectivity index (χ4n) is 4.75. The summed E-state index contributed by atoms with van der Waals surface area (Å²) in [6.45, 7) is 0. The standard InChI is InChI=1S/C32H21BrN5/c33-24-16-18-25(19-17-24)37-29-21-30-28(20-27(29)35-32(37)23-12-6-2-7-13-23)34-31(22-10-4-1-5-11-22)36-38(30)26-14-8-3-9-15-26/h1-21H. The van der Waals surface area contributed by atoms with Crippen molar-refractivity contribution in [2.45, 2.75) is 0 Å². The van der Waals surface area contributed by atoms with Gasteiger partial charge < -0.3 is 0 Å². The smallest absolute Gasteiger partial charge is 0.180 e. The molecule has 0 amide bonds. The molecule has 0 N–H and O–H groups in total. The molecular formula is C32H21BrN5. The number of rotatable bonds is 4. The number of anilines is 2. The zero-order chi connectivity index (χ0) is 25.5. The lowest BCUT2D eigenvalue weighted by molar-refractivity contribution is 0.899. The van der Waals surface area contributed by atoms with E-state index in [1.54, 1.807) is 0 Å². The number of amidine groups is 1. The Morgan fingerprint density at radius 2 is 1.24 bits per heavy atom. The molecule has 0 aliphatic carbocycles. The van der Waals surface area contributed by atoms with Crippen LogP contribution in [0.2, 0.25) is 0 Å². The predicted octanol–water partition coefficient (Wildman–Crippen LogP) is 8.20. The third-order valence-electron chi connectivity index (χ3n) is 6.55. The summed E-state index contributed by atoms with van der Waals surface area (Å²) in [6.07, 6.45) is 0. The molecule has 0 saturated carbocycles. The minimum Gasteiger partial charge on any atom is -0.292 e. The lowest BCUT2D eigenvalue weighted by Gasteiger charge is -2.29. The molecule has 181 valence electrons. The van der Waals surface area contributed by atoms with Gasteiger partial charge in [0.05, 0.1) is 28.1 Å². The van der Waals surface area contributed by atoms with Crippen LogP contribution in [0.4, 0.5) is 17.1 Å². The van der Waals surface area contributed by atoms with Gasteiger partial charge in [0, 0.05) is 21.3 Å². The van der Waals surface area contributed by atoms with Crippen molar-refractivity contribution >= 4 is 49.9 Å². The van der Waals surface area contributed by atoms with Gasteiger partial charge in [-0.25, -0.2) is 15.0 Å². The quantitative estimate of drug-likeness (QED) is 0.220. The van der Waals surface area contributed by atoms with Crippen LogP contribution in [-0.2, 0) is 0 Å². The number of imidazole rings is 1. The summed E-state index contributed by atoms with van der Waals surface area (Å²) in [7, 11) is 0. The fourth-order valence-corrected chi connectivity index (χ4v) is 5.02. The Morgan fingerprint density at radius 1 is 0.605 bits per heavy atom. The average Bonchev–Trinajstić information content (AvgIpc) is 3.35. The number of para-hydroxylation sites is 1. The van der Waals surface area contributed by atoms with Crippen LogP contribution in [0, 0.1) is 0 Å². The SMILES string of the molecule is Brc1ccc(-n2c(-c3ccccc3)nc3cc4c(cc32)N(c2ccccc2)[N]C(c2ccccc2)=N4)cc1. The van der Waals surface area contributed by atoms with Gasteiger partial charge >= 0.3 is 0 Å². The number of benzene rings is 5. The second kappa shape index (κ2) is 9.32. The zero-order valence-electron chi connectivity index (χ0n) is 20.2. The van der Waals surface area contributed by atoms with Crippen molar-refractivity contribution in [2.24, 2.45) is 4.99 Å². The summed E-state index contributed by atoms with van der Waals surface area (Å²) in [5, 5.41) is 1.98. The van der Waals surface area contributed by atoms with Crippen LogP contribution in [0.15, 0.2) is 137 Å². The van der Waals surface area contributed by atoms with Crippen molar-refractivity contribution < 1.29 is 0 Å². The van der Waals surface area contributed by atoms with Crippen LogP contribution in [-0.4, -0.2) is 15.4 Å². The second-order valence-corrected chi connectivity index (χ2v) is 9.91. The molecule has 1 aromatic heterocycles. The van der Waals surface area contributed by atoms with Gasteiger partial charge in [-0.3, -0.25) is 4.57 Å². The van der Waals surface area contributed by atoms with Gasteiger partial charge in [0.25, 0.3) is 0 Å². The molecule has 7 rings (SSSR count). The van der Waals surface area contributed by atoms with E-state index in [0.29, 0.717) is 5.84 Å². The minimum atomic E-state index is 0.664. The molecule has 0 atom stereocenters. The molecule has 38 heavy (non-hydrogen) atoms. The normalized spacial score (nSPS) is 12.7. The minimum absolute atomic E-state index is 0.664. The van der Waals surface area contributed by atoms with Crippen LogP contribution < -0.4 is 10.4 Å². The molecule has 0 fully saturated rings. The van der Waals surface area contributed by atoms with Crippen LogP contribution in [0.3, 0.4) is 0 Å². The van der Waals surface area contributed by atoms with Crippen LogP contribution in [0.25, 0.3) is 28.1 Å². The summed E-state index contributed by atoms with van der Waals surface area (Å²) in [6, 6.07) is 43.1. The molecule has 5 nitrogen and oxygen atoms in total. The van der Waals surface area contributed by atoms with E-state index < -0.39 is 0 Å². The third-order valence-corrected chi connectivity index (χ3v) is 7.08. The Labute approximate surface area is 228 Å². The molecule has 6 heteroatoms. The first-order chi connectivity index (χ1) is 18.7. The molecular weight excluding hydrogens is 534 g/mol. The molecule has 0 bridgehead atoms. The topological polar surface area (TPSA) is 47.5 Å². The Kier molecular flexibility index (Phi) is 5.52. The van der Waals surface area contributed by atoms with Gasteiger partial charge in [0.1, 0.15) is 5.82 Å². The van der Waals surface area contributed by atoms with E-state index in [2.05, 4.69) is 81.2 Å². The number of halogens is 1. The summed E-state index contributed by atoms with van der Waals surface area (Å²) in [5.41, 5.74) is 12.6. The number of aromatic nitrogens is 2. The average molecular weight is 555 g/mol. The van der Waals surface area contributed by atoms with E-state index in [9.17, 15) is 0 Å². The van der Waals surface area contributed by atoms with Crippen molar-refractivity contribution in [3.8, 4) is 17.1 Å². The first-order valence-electron chi connectivity index (χ1n) is 12.3. The van der Waals surface area contributed by atoms with E-state index >= 15 is 0 Å². The van der Waals surface area contributed by atoms with Crippen molar-refractivity contribution in [2.75, 3.05) is 5.01 Å². The summed E-state index contributed by atoms with van der Waals surface area (Å²) in [5.74, 6) is 1.54. The zero-order valence-corrected chi connectivity index (χ0v) is 21.8. The molecule has 0 unspecified atom stereocenters. The van der Waals surface area contributed by atoms with Gasteiger partial charge in [-0.2, -0.15) is 0 Å². The van der Waals surface area contributed by atoms with E-state index in [1.165, 1.54) is 0 Å². The Bertz CT molecular complexity index is 1780. The van der Waals surface area contributed by atoms with Gasteiger partial charge in [-0.15, -0.1) is 5.43 Å². The number of fused-ring (bicyclic) bond motifs is 2. The highest BCUT2D eigenvalue weighted by atomic mass is 79.9. The van der Waals surface area contributed by atoms with Crippen LogP contribution in [0.1, 0.15) is 5.56 Å². The molecule has 1 aliphatic heterocycles. The number of nitrogens with zero attached hydrogens (tertiary/aromatic N) is 5. The molecule has 6 aromatic rings. The molecule has 1 aliphatic rings. The number of hydrogen-bond donors (Lipinski definition) is 0. The first-order valence-corrected chi connectivity index (χ1v) is 13.1. The van der Waals surface area contributed by atoms with E-state index in [0.717, 1.165) is 55.2 Å². The molecule has 0 spiro atoms. The highest BCUT2D eigenvalue weighted by Gasteiger charge is 2.26. The molecule has 1 radical (unpaired) electrons. The Morgan fingerprint density at radius 3 is 1.92 bits per heavy atom. The van der Waals surface area contributed by atoms with Crippen molar-refractivity contribution in [3.63, 3.8) is 0 Å². The van der Waals surface area contributed by atoms with Crippen LogP contribution in [0.5, 0.6) is 0 Å². The van der Waals surface area contributed by atoms with Crippen molar-refractivity contribution in [1.82, 2.24) is 15.0 Å². The maximum Gasteiger partial charge on any atom is 0.180 e. The summed E-state index contributed by atoms with van der Waals surface area (Å²) in [4.78, 5) is 10.1. The highest BCUT2D eigenvalue weighted by molar-refractivity contribution is 9.10. The monoisotopic (exact) mass is 554 g/mol. The van der Waals surface area contributed by atoms with Gasteiger partial charge in [-0.05, 0) is 48.5 Å². The Hall–Kier alpha value is -4.68. The van der Waals surface area contributed by atoms with Gasteiger partial charge in [0.15, 0.2) is 5.84 Å². The Balaban J connectivity index is 1.50. The third kappa shape index (κ3) is 3.96. The molecule has 2 heterocycles. The summed E-state index contributed by atoms with van der Waals surface area (Å²) >= 11 is 3.57. The van der Waals surface area contributed by atoms with E-state index in [1.807, 2.05) is 71.7 Å². The maximum absolute atomic E-state index is 5.12. The lowest BCUT2D eigenvalue weighted by Crippen LogP contribution is -2.35. The lowest BCUT2D eigenvalue weighted by atomic mass is 10.1. The van der Waals surface area contributed by atoms with Crippen LogP contribution >= 0.6 is 15.9 Å². The highest BCUT2D eigenvalue weighted by Crippen LogP contribution is 2.41. The largest absolute Gasteiger partial charge is 0.292 e.